The van der Waals surface area contributed by atoms with Gasteiger partial charge in [0.05, 0.1) is 6.04 Å². The van der Waals surface area contributed by atoms with Crippen LogP contribution in [0.2, 0.25) is 5.02 Å². The molecule has 2 aliphatic rings. The summed E-state index contributed by atoms with van der Waals surface area (Å²) in [5, 5.41) is 6.12. The van der Waals surface area contributed by atoms with Gasteiger partial charge in [0.25, 0.3) is 0 Å². The number of halogens is 2. The predicted molar refractivity (Wildman–Crippen MR) is 95.8 cm³/mol. The van der Waals surface area contributed by atoms with Crippen LogP contribution >= 0.6 is 24.0 Å². The Morgan fingerprint density at radius 2 is 2.00 bits per heavy atom. The number of carbonyl (C=O) groups excluding carboxylic acids is 3. The van der Waals surface area contributed by atoms with E-state index < -0.39 is 6.03 Å². The average molecular weight is 387 g/mol. The number of benzene rings is 1. The molecule has 1 atom stereocenters. The zero-order chi connectivity index (χ0) is 17.1. The monoisotopic (exact) mass is 386 g/mol. The lowest BCUT2D eigenvalue weighted by Crippen LogP contribution is -2.55. The Bertz CT molecular complexity index is 671. The smallest absolute Gasteiger partial charge is 0.324 e. The second-order valence-corrected chi connectivity index (χ2v) is 6.26. The van der Waals surface area contributed by atoms with Crippen LogP contribution < -0.4 is 10.6 Å². The highest BCUT2D eigenvalue weighted by atomic mass is 35.5. The Morgan fingerprint density at radius 1 is 1.24 bits per heavy atom. The molecule has 25 heavy (non-hydrogen) atoms. The first-order chi connectivity index (χ1) is 11.6. The van der Waals surface area contributed by atoms with Gasteiger partial charge < -0.3 is 15.1 Å². The van der Waals surface area contributed by atoms with E-state index in [1.807, 2.05) is 18.2 Å². The molecule has 0 aromatic heterocycles. The number of amides is 4. The van der Waals surface area contributed by atoms with Gasteiger partial charge in [0.1, 0.15) is 6.54 Å². The van der Waals surface area contributed by atoms with E-state index in [9.17, 15) is 14.4 Å². The minimum absolute atomic E-state index is 0. The van der Waals surface area contributed by atoms with Gasteiger partial charge in [0.15, 0.2) is 0 Å². The van der Waals surface area contributed by atoms with Crippen LogP contribution in [0.25, 0.3) is 0 Å². The van der Waals surface area contributed by atoms with Gasteiger partial charge >= 0.3 is 6.03 Å². The summed E-state index contributed by atoms with van der Waals surface area (Å²) < 4.78 is 0. The molecule has 1 unspecified atom stereocenters. The van der Waals surface area contributed by atoms with Crippen molar-refractivity contribution in [2.24, 2.45) is 0 Å². The summed E-state index contributed by atoms with van der Waals surface area (Å²) in [6, 6.07) is 6.77. The Hall–Kier alpha value is -1.83. The van der Waals surface area contributed by atoms with E-state index in [0.717, 1.165) is 5.56 Å². The second kappa shape index (κ2) is 8.51. The van der Waals surface area contributed by atoms with Crippen molar-refractivity contribution in [3.63, 3.8) is 0 Å². The number of nitrogens with zero attached hydrogens (tertiary/aromatic N) is 2. The van der Waals surface area contributed by atoms with Crippen LogP contribution in [0.1, 0.15) is 18.0 Å². The van der Waals surface area contributed by atoms with Gasteiger partial charge in [-0.1, -0.05) is 29.8 Å². The maximum Gasteiger partial charge on any atom is 0.324 e. The number of carbonyl (C=O) groups is 3. The Labute approximate surface area is 157 Å². The molecule has 1 aromatic rings. The second-order valence-electron chi connectivity index (χ2n) is 5.85. The number of piperazine rings is 1. The minimum Gasteiger partial charge on any atom is -0.331 e. The number of rotatable bonds is 3. The summed E-state index contributed by atoms with van der Waals surface area (Å²) in [5.41, 5.74) is 0.887. The molecule has 4 amide bonds. The first-order valence-corrected chi connectivity index (χ1v) is 8.27. The van der Waals surface area contributed by atoms with Crippen molar-refractivity contribution >= 4 is 41.9 Å². The number of hydrogen-bond donors (Lipinski definition) is 2. The molecule has 2 heterocycles. The van der Waals surface area contributed by atoms with Crippen molar-refractivity contribution in [2.75, 3.05) is 32.7 Å². The van der Waals surface area contributed by atoms with Crippen molar-refractivity contribution in [3.8, 4) is 0 Å². The molecule has 0 aliphatic carbocycles. The van der Waals surface area contributed by atoms with Gasteiger partial charge in [-0.3, -0.25) is 14.9 Å². The van der Waals surface area contributed by atoms with Crippen LogP contribution in [-0.4, -0.2) is 60.4 Å². The van der Waals surface area contributed by atoms with Crippen LogP contribution in [0.3, 0.4) is 0 Å². The van der Waals surface area contributed by atoms with Crippen molar-refractivity contribution < 1.29 is 14.4 Å². The quantitative estimate of drug-likeness (QED) is 0.816. The van der Waals surface area contributed by atoms with Gasteiger partial charge in [-0.05, 0) is 11.6 Å². The van der Waals surface area contributed by atoms with Crippen molar-refractivity contribution in [3.05, 3.63) is 34.9 Å². The normalized spacial score (nSPS) is 20.8. The third-order valence-corrected chi connectivity index (χ3v) is 4.64. The number of imide groups is 1. The fourth-order valence-corrected chi connectivity index (χ4v) is 3.29. The van der Waals surface area contributed by atoms with Crippen LogP contribution in [0, 0.1) is 0 Å². The molecule has 0 saturated carbocycles. The Morgan fingerprint density at radius 3 is 2.72 bits per heavy atom. The van der Waals surface area contributed by atoms with Crippen LogP contribution in [0.5, 0.6) is 0 Å². The highest BCUT2D eigenvalue weighted by Crippen LogP contribution is 2.28. The van der Waals surface area contributed by atoms with Gasteiger partial charge in [0.2, 0.25) is 11.8 Å². The molecule has 136 valence electrons. The summed E-state index contributed by atoms with van der Waals surface area (Å²) in [4.78, 5) is 38.9. The maximum absolute atomic E-state index is 12.7. The zero-order valence-corrected chi connectivity index (χ0v) is 15.1. The summed E-state index contributed by atoms with van der Waals surface area (Å²) in [6.45, 7) is 2.07. The van der Waals surface area contributed by atoms with Gasteiger partial charge in [-0.15, -0.1) is 12.4 Å². The van der Waals surface area contributed by atoms with Crippen LogP contribution in [0.4, 0.5) is 4.79 Å². The van der Waals surface area contributed by atoms with Crippen molar-refractivity contribution in [1.29, 1.82) is 0 Å². The third kappa shape index (κ3) is 4.42. The molecule has 0 bridgehead atoms. The molecule has 2 N–H and O–H groups in total. The van der Waals surface area contributed by atoms with E-state index in [1.54, 1.807) is 11.0 Å². The van der Waals surface area contributed by atoms with E-state index in [-0.39, 0.29) is 49.8 Å². The van der Waals surface area contributed by atoms with E-state index in [0.29, 0.717) is 24.7 Å². The highest BCUT2D eigenvalue weighted by Gasteiger charge is 2.32. The molecule has 0 radical (unpaired) electrons. The van der Waals surface area contributed by atoms with Gasteiger partial charge in [0, 0.05) is 37.6 Å². The van der Waals surface area contributed by atoms with E-state index in [4.69, 9.17) is 11.6 Å². The highest BCUT2D eigenvalue weighted by molar-refractivity contribution is 6.31. The molecule has 7 nitrogen and oxygen atoms in total. The maximum atomic E-state index is 12.7. The molecule has 0 spiro atoms. The van der Waals surface area contributed by atoms with E-state index in [1.165, 1.54) is 4.90 Å². The summed E-state index contributed by atoms with van der Waals surface area (Å²) in [7, 11) is 0. The SMILES string of the molecule is Cl.O=C1CCN(CC(=O)N2CCNCC2c2ccccc2Cl)C(=O)N1. The fraction of sp³-hybridized carbons (Fsp3) is 0.438. The first-order valence-electron chi connectivity index (χ1n) is 7.89. The van der Waals surface area contributed by atoms with E-state index >= 15 is 0 Å². The molecular weight excluding hydrogens is 367 g/mol. The molecule has 1 aromatic carbocycles. The van der Waals surface area contributed by atoms with Crippen molar-refractivity contribution in [2.45, 2.75) is 12.5 Å². The zero-order valence-electron chi connectivity index (χ0n) is 13.5. The summed E-state index contributed by atoms with van der Waals surface area (Å²) >= 11 is 6.28. The van der Waals surface area contributed by atoms with E-state index in [2.05, 4.69) is 10.6 Å². The Kier molecular flexibility index (Phi) is 6.64. The minimum atomic E-state index is -0.510. The molecular formula is C16H20Cl2N4O3. The van der Waals surface area contributed by atoms with Gasteiger partial charge in [-0.25, -0.2) is 4.79 Å². The molecule has 3 rings (SSSR count). The van der Waals surface area contributed by atoms with Crippen LogP contribution in [0.15, 0.2) is 24.3 Å². The Balaban J connectivity index is 0.00000225. The molecule has 2 saturated heterocycles. The lowest BCUT2D eigenvalue weighted by molar-refractivity contribution is -0.136. The summed E-state index contributed by atoms with van der Waals surface area (Å²) in [6.07, 6.45) is 0.217. The fourth-order valence-electron chi connectivity index (χ4n) is 3.03. The third-order valence-electron chi connectivity index (χ3n) is 4.30. The van der Waals surface area contributed by atoms with Crippen molar-refractivity contribution in [1.82, 2.24) is 20.4 Å². The number of nitrogens with one attached hydrogen (secondary N) is 2. The molecule has 2 aliphatic heterocycles. The molecule has 9 heteroatoms. The summed E-state index contributed by atoms with van der Waals surface area (Å²) in [5.74, 6) is -0.453. The molecule has 2 fully saturated rings. The van der Waals surface area contributed by atoms with Crippen LogP contribution in [-0.2, 0) is 9.59 Å². The largest absolute Gasteiger partial charge is 0.331 e. The lowest BCUT2D eigenvalue weighted by atomic mass is 10.0. The average Bonchev–Trinajstić information content (AvgIpc) is 2.58. The standard InChI is InChI=1S/C16H19ClN4O3.ClH/c17-12-4-2-1-3-11(12)13-9-18-6-8-21(13)15(23)10-20-7-5-14(22)19-16(20)24;/h1-4,13,18H,5-10H2,(H,19,22,24);1H. The van der Waals surface area contributed by atoms with Gasteiger partial charge in [-0.2, -0.15) is 0 Å². The topological polar surface area (TPSA) is 81.8 Å². The lowest BCUT2D eigenvalue weighted by Gasteiger charge is -2.38. The predicted octanol–water partition coefficient (Wildman–Crippen LogP) is 1.18. The number of urea groups is 1. The number of hydrogen-bond acceptors (Lipinski definition) is 4. The first kappa shape index (κ1) is 19.5.